The van der Waals surface area contributed by atoms with E-state index in [2.05, 4.69) is 18.0 Å². The van der Waals surface area contributed by atoms with Gasteiger partial charge in [0.05, 0.1) is 26.4 Å². The van der Waals surface area contributed by atoms with E-state index in [9.17, 15) is 4.79 Å². The first kappa shape index (κ1) is 16.1. The van der Waals surface area contributed by atoms with Crippen LogP contribution >= 0.6 is 0 Å². The van der Waals surface area contributed by atoms with E-state index in [4.69, 9.17) is 9.47 Å². The van der Waals surface area contributed by atoms with Crippen LogP contribution in [0.15, 0.2) is 24.3 Å². The van der Waals surface area contributed by atoms with Crippen LogP contribution in [0.25, 0.3) is 0 Å². The number of morpholine rings is 1. The van der Waals surface area contributed by atoms with Gasteiger partial charge >= 0.3 is 6.03 Å². The number of hydrogen-bond donors (Lipinski definition) is 0. The summed E-state index contributed by atoms with van der Waals surface area (Å²) in [7, 11) is 3.80. The van der Waals surface area contributed by atoms with Gasteiger partial charge in [0.25, 0.3) is 0 Å². The molecule has 0 aliphatic carbocycles. The van der Waals surface area contributed by atoms with Crippen LogP contribution in [-0.4, -0.2) is 80.8 Å². The molecule has 6 nitrogen and oxygen atoms in total. The van der Waals surface area contributed by atoms with Gasteiger partial charge in [0, 0.05) is 38.3 Å². The molecule has 0 aromatic heterocycles. The fraction of sp³-hybridized carbons (Fsp3) is 0.588. The lowest BCUT2D eigenvalue weighted by Gasteiger charge is -2.42. The van der Waals surface area contributed by atoms with Crippen LogP contribution in [0.4, 0.5) is 4.79 Å². The van der Waals surface area contributed by atoms with E-state index in [1.807, 2.05) is 28.0 Å². The first-order valence-corrected chi connectivity index (χ1v) is 8.15. The van der Waals surface area contributed by atoms with Gasteiger partial charge in [-0.1, -0.05) is 18.2 Å². The fourth-order valence-corrected chi connectivity index (χ4v) is 3.28. The number of amides is 2. The van der Waals surface area contributed by atoms with E-state index >= 15 is 0 Å². The third-order valence-electron chi connectivity index (χ3n) is 4.70. The molecule has 2 aliphatic heterocycles. The van der Waals surface area contributed by atoms with Crippen LogP contribution in [-0.2, 0) is 4.74 Å². The highest BCUT2D eigenvalue weighted by Gasteiger charge is 2.32. The standard InChI is InChI=1S/C17H25N3O3/c1-18-7-8-20(17(21)19-9-11-23-12-10-19)13-15(18)14-5-3-4-6-16(14)22-2/h3-6,15H,7-13H2,1-2H3. The molecule has 1 unspecified atom stereocenters. The summed E-state index contributed by atoms with van der Waals surface area (Å²) in [6.07, 6.45) is 0. The summed E-state index contributed by atoms with van der Waals surface area (Å²) < 4.78 is 10.8. The van der Waals surface area contributed by atoms with Gasteiger partial charge in [-0.2, -0.15) is 0 Å². The number of hydrogen-bond acceptors (Lipinski definition) is 4. The molecule has 2 heterocycles. The Morgan fingerprint density at radius 3 is 2.61 bits per heavy atom. The monoisotopic (exact) mass is 319 g/mol. The summed E-state index contributed by atoms with van der Waals surface area (Å²) in [6, 6.07) is 8.34. The van der Waals surface area contributed by atoms with Crippen molar-refractivity contribution >= 4 is 6.03 Å². The second kappa shape index (κ2) is 7.19. The average molecular weight is 319 g/mol. The lowest BCUT2D eigenvalue weighted by atomic mass is 10.0. The summed E-state index contributed by atoms with van der Waals surface area (Å²) >= 11 is 0. The summed E-state index contributed by atoms with van der Waals surface area (Å²) in [4.78, 5) is 18.9. The summed E-state index contributed by atoms with van der Waals surface area (Å²) in [6.45, 7) is 4.95. The maximum atomic E-state index is 12.7. The minimum Gasteiger partial charge on any atom is -0.496 e. The fourth-order valence-electron chi connectivity index (χ4n) is 3.28. The maximum absolute atomic E-state index is 12.7. The quantitative estimate of drug-likeness (QED) is 0.827. The predicted octanol–water partition coefficient (Wildman–Crippen LogP) is 1.44. The highest BCUT2D eigenvalue weighted by atomic mass is 16.5. The van der Waals surface area contributed by atoms with Gasteiger partial charge in [0.2, 0.25) is 0 Å². The molecule has 23 heavy (non-hydrogen) atoms. The van der Waals surface area contributed by atoms with Crippen LogP contribution in [0.2, 0.25) is 0 Å². The van der Waals surface area contributed by atoms with Gasteiger partial charge < -0.3 is 19.3 Å². The number of carbonyl (C=O) groups excluding carboxylic acids is 1. The molecular weight excluding hydrogens is 294 g/mol. The van der Waals surface area contributed by atoms with Gasteiger partial charge in [-0.25, -0.2) is 4.79 Å². The Morgan fingerprint density at radius 2 is 1.87 bits per heavy atom. The molecule has 2 aliphatic rings. The van der Waals surface area contributed by atoms with E-state index in [1.54, 1.807) is 7.11 Å². The first-order valence-electron chi connectivity index (χ1n) is 8.15. The molecule has 0 spiro atoms. The number of rotatable bonds is 2. The Labute approximate surface area is 137 Å². The highest BCUT2D eigenvalue weighted by Crippen LogP contribution is 2.31. The van der Waals surface area contributed by atoms with Gasteiger partial charge in [-0.05, 0) is 13.1 Å². The molecule has 1 atom stereocenters. The average Bonchev–Trinajstić information content (AvgIpc) is 2.62. The zero-order valence-electron chi connectivity index (χ0n) is 13.9. The molecule has 6 heteroatoms. The molecule has 0 radical (unpaired) electrons. The first-order chi connectivity index (χ1) is 11.2. The number of ether oxygens (including phenoxy) is 2. The highest BCUT2D eigenvalue weighted by molar-refractivity contribution is 5.74. The Kier molecular flexibility index (Phi) is 5.03. The van der Waals surface area contributed by atoms with Crippen molar-refractivity contribution in [1.29, 1.82) is 0 Å². The molecule has 1 aromatic rings. The topological polar surface area (TPSA) is 45.3 Å². The SMILES string of the molecule is COc1ccccc1C1CN(C(=O)N2CCOCC2)CCN1C. The second-order valence-electron chi connectivity index (χ2n) is 6.07. The smallest absolute Gasteiger partial charge is 0.320 e. The van der Waals surface area contributed by atoms with Crippen molar-refractivity contribution in [3.8, 4) is 5.75 Å². The van der Waals surface area contributed by atoms with Crippen molar-refractivity contribution in [3.05, 3.63) is 29.8 Å². The number of para-hydroxylation sites is 1. The molecule has 3 rings (SSSR count). The number of likely N-dealkylation sites (N-methyl/N-ethyl adjacent to an activating group) is 1. The number of piperazine rings is 1. The van der Waals surface area contributed by atoms with Crippen molar-refractivity contribution in [2.45, 2.75) is 6.04 Å². The molecule has 2 fully saturated rings. The number of benzene rings is 1. The lowest BCUT2D eigenvalue weighted by molar-refractivity contribution is 0.0328. The predicted molar refractivity (Wildman–Crippen MR) is 87.7 cm³/mol. The van der Waals surface area contributed by atoms with Gasteiger partial charge in [0.1, 0.15) is 5.75 Å². The van der Waals surface area contributed by atoms with Crippen molar-refractivity contribution in [2.24, 2.45) is 0 Å². The minimum absolute atomic E-state index is 0.126. The van der Waals surface area contributed by atoms with E-state index in [1.165, 1.54) is 0 Å². The molecular formula is C17H25N3O3. The molecule has 2 amide bonds. The van der Waals surface area contributed by atoms with Crippen LogP contribution in [0.5, 0.6) is 5.75 Å². The van der Waals surface area contributed by atoms with Crippen LogP contribution in [0.1, 0.15) is 11.6 Å². The van der Waals surface area contributed by atoms with Crippen molar-refractivity contribution in [2.75, 3.05) is 60.1 Å². The molecule has 1 aromatic carbocycles. The third kappa shape index (κ3) is 3.43. The number of urea groups is 1. The number of nitrogens with zero attached hydrogens (tertiary/aromatic N) is 3. The Morgan fingerprint density at radius 1 is 1.13 bits per heavy atom. The van der Waals surface area contributed by atoms with E-state index in [0.717, 1.165) is 24.4 Å². The van der Waals surface area contributed by atoms with Crippen LogP contribution < -0.4 is 4.74 Å². The van der Waals surface area contributed by atoms with E-state index < -0.39 is 0 Å². The second-order valence-corrected chi connectivity index (χ2v) is 6.07. The Hall–Kier alpha value is -1.79. The molecule has 2 saturated heterocycles. The Bertz CT molecular complexity index is 546. The van der Waals surface area contributed by atoms with Gasteiger partial charge in [0.15, 0.2) is 0 Å². The zero-order valence-corrected chi connectivity index (χ0v) is 13.9. The van der Waals surface area contributed by atoms with Crippen molar-refractivity contribution in [1.82, 2.24) is 14.7 Å². The largest absolute Gasteiger partial charge is 0.496 e. The molecule has 0 bridgehead atoms. The van der Waals surface area contributed by atoms with Crippen molar-refractivity contribution in [3.63, 3.8) is 0 Å². The minimum atomic E-state index is 0.126. The summed E-state index contributed by atoms with van der Waals surface area (Å²) in [5.74, 6) is 0.880. The molecule has 0 N–H and O–H groups in total. The van der Waals surface area contributed by atoms with Crippen LogP contribution in [0, 0.1) is 0 Å². The van der Waals surface area contributed by atoms with Gasteiger partial charge in [-0.15, -0.1) is 0 Å². The number of carbonyl (C=O) groups is 1. The van der Waals surface area contributed by atoms with E-state index in [-0.39, 0.29) is 12.1 Å². The Balaban J connectivity index is 1.75. The van der Waals surface area contributed by atoms with Crippen molar-refractivity contribution < 1.29 is 14.3 Å². The molecule has 0 saturated carbocycles. The lowest BCUT2D eigenvalue weighted by Crippen LogP contribution is -2.55. The normalized spacial score (nSPS) is 23.0. The van der Waals surface area contributed by atoms with Crippen LogP contribution in [0.3, 0.4) is 0 Å². The third-order valence-corrected chi connectivity index (χ3v) is 4.70. The zero-order chi connectivity index (χ0) is 16.2. The summed E-state index contributed by atoms with van der Waals surface area (Å²) in [5.41, 5.74) is 1.14. The van der Waals surface area contributed by atoms with E-state index in [0.29, 0.717) is 32.8 Å². The van der Waals surface area contributed by atoms with Gasteiger partial charge in [-0.3, -0.25) is 4.90 Å². The number of methoxy groups -OCH3 is 1. The summed E-state index contributed by atoms with van der Waals surface area (Å²) in [5, 5.41) is 0. The maximum Gasteiger partial charge on any atom is 0.320 e. The molecule has 126 valence electrons.